The number of rotatable bonds is 1. The number of halogens is 2. The number of hydrogen-bond acceptors (Lipinski definition) is 0. The summed E-state index contributed by atoms with van der Waals surface area (Å²) in [5, 5.41) is 0. The van der Waals surface area contributed by atoms with Crippen LogP contribution in [0.4, 0.5) is 0 Å². The minimum atomic E-state index is 0.279. The Kier molecular flexibility index (Phi) is 3.11. The molecular weight excluding hydrogens is 326 g/mol. The first-order valence-corrected chi connectivity index (χ1v) is 9.61. The van der Waals surface area contributed by atoms with E-state index >= 15 is 0 Å². The molecule has 0 nitrogen and oxygen atoms in total. The Morgan fingerprint density at radius 2 is 1.75 bits per heavy atom. The summed E-state index contributed by atoms with van der Waals surface area (Å²) in [6.07, 6.45) is 0. The van der Waals surface area contributed by atoms with E-state index in [9.17, 15) is 0 Å². The fourth-order valence-electron chi connectivity index (χ4n) is 0.462. The van der Waals surface area contributed by atoms with E-state index in [0.717, 1.165) is 0 Å². The van der Waals surface area contributed by atoms with Crippen molar-refractivity contribution in [2.24, 2.45) is 0 Å². The van der Waals surface area contributed by atoms with Gasteiger partial charge in [0.25, 0.3) is 0 Å². The molecule has 0 fully saturated rings. The molecule has 0 bridgehead atoms. The third-order valence-corrected chi connectivity index (χ3v) is 5.16. The van der Waals surface area contributed by atoms with Crippen LogP contribution in [0.15, 0.2) is 30.3 Å². The average molecular weight is 331 g/mol. The summed E-state index contributed by atoms with van der Waals surface area (Å²) in [4.78, 5) is 0. The fourth-order valence-corrected chi connectivity index (χ4v) is 2.97. The van der Waals surface area contributed by atoms with Crippen molar-refractivity contribution in [3.05, 3.63) is 33.9 Å². The molecule has 0 unspecified atom stereocenters. The second kappa shape index (κ2) is 3.66. The van der Waals surface area contributed by atoms with Crippen molar-refractivity contribution >= 4 is 18.6 Å². The van der Waals surface area contributed by atoms with Gasteiger partial charge in [0.2, 0.25) is 0 Å². The van der Waals surface area contributed by atoms with Gasteiger partial charge in [0.15, 0.2) is 0 Å². The summed E-state index contributed by atoms with van der Waals surface area (Å²) in [6.45, 7) is 0. The Morgan fingerprint density at radius 3 is 2.12 bits per heavy atom. The van der Waals surface area contributed by atoms with E-state index in [1.807, 2.05) is 0 Å². The van der Waals surface area contributed by atoms with E-state index in [4.69, 9.17) is 0 Å². The molecule has 0 aliphatic carbocycles. The monoisotopic (exact) mass is 331 g/mol. The van der Waals surface area contributed by atoms with Crippen molar-refractivity contribution in [1.82, 2.24) is 0 Å². The predicted octanol–water partition coefficient (Wildman–Crippen LogP) is -0.705. The first-order chi connectivity index (χ1) is 3.93. The van der Waals surface area contributed by atoms with E-state index < -0.39 is 0 Å². The van der Waals surface area contributed by atoms with Gasteiger partial charge < -0.3 is 0 Å². The third kappa shape index (κ3) is 1.89. The van der Waals surface area contributed by atoms with Crippen molar-refractivity contribution in [3.8, 4) is 0 Å². The van der Waals surface area contributed by atoms with Crippen molar-refractivity contribution in [2.45, 2.75) is 0 Å². The van der Waals surface area contributed by atoms with Gasteiger partial charge in [-0.3, -0.25) is 0 Å². The molecule has 0 radical (unpaired) electrons. The van der Waals surface area contributed by atoms with Crippen LogP contribution in [0.2, 0.25) is 0 Å². The molecule has 1 aromatic carbocycles. The van der Waals surface area contributed by atoms with Crippen molar-refractivity contribution in [2.75, 3.05) is 0 Å². The molecule has 0 heterocycles. The van der Waals surface area contributed by atoms with Crippen LogP contribution in [0.25, 0.3) is 0 Å². The first kappa shape index (κ1) is 6.80. The second-order valence-corrected chi connectivity index (χ2v) is 5.76. The molecule has 0 saturated carbocycles. The Labute approximate surface area is 69.1 Å². The van der Waals surface area contributed by atoms with Gasteiger partial charge in [-0.1, -0.05) is 0 Å². The van der Waals surface area contributed by atoms with Gasteiger partial charge in [-0.2, -0.15) is 0 Å². The standard InChI is InChI=1S/C6H5I2/c7-8-6-4-2-1-3-5-6/h1-5H/q-1. The topological polar surface area (TPSA) is 0 Å². The molecule has 8 heavy (non-hydrogen) atoms. The zero-order valence-electron chi connectivity index (χ0n) is 4.14. The maximum atomic E-state index is 2.46. The van der Waals surface area contributed by atoms with Crippen molar-refractivity contribution in [1.29, 1.82) is 0 Å². The van der Waals surface area contributed by atoms with Crippen LogP contribution < -0.4 is 17.2 Å². The van der Waals surface area contributed by atoms with Crippen LogP contribution in [0, 0.1) is 3.57 Å². The van der Waals surface area contributed by atoms with E-state index in [2.05, 4.69) is 48.9 Å². The Balaban J connectivity index is 2.83. The Hall–Kier alpha value is 0.680. The zero-order valence-corrected chi connectivity index (χ0v) is 8.46. The molecule has 0 amide bonds. The van der Waals surface area contributed by atoms with E-state index in [0.29, 0.717) is 0 Å². The maximum absolute atomic E-state index is 2.46. The van der Waals surface area contributed by atoms with Crippen molar-refractivity contribution < 1.29 is 17.2 Å². The summed E-state index contributed by atoms with van der Waals surface area (Å²) < 4.78 is 1.51. The molecule has 0 atom stereocenters. The van der Waals surface area contributed by atoms with Crippen LogP contribution in [-0.2, 0) is 0 Å². The van der Waals surface area contributed by atoms with Crippen LogP contribution >= 0.6 is 18.6 Å². The van der Waals surface area contributed by atoms with E-state index in [1.54, 1.807) is 0 Å². The molecule has 44 valence electrons. The number of benzene rings is 1. The Bertz CT molecular complexity index is 148. The summed E-state index contributed by atoms with van der Waals surface area (Å²) in [5.41, 5.74) is 0. The summed E-state index contributed by atoms with van der Waals surface area (Å²) in [6, 6.07) is 10.6. The molecule has 1 rings (SSSR count). The van der Waals surface area contributed by atoms with E-state index in [1.165, 1.54) is 3.57 Å². The molecule has 0 saturated heterocycles. The first-order valence-electron chi connectivity index (χ1n) is 2.24. The van der Waals surface area contributed by atoms with Gasteiger partial charge in [0, 0.05) is 0 Å². The normalized spacial score (nSPS) is 9.62. The van der Waals surface area contributed by atoms with Crippen molar-refractivity contribution in [3.63, 3.8) is 0 Å². The molecular formula is C6H5I2-. The predicted molar refractivity (Wildman–Crippen MR) is 39.2 cm³/mol. The summed E-state index contributed by atoms with van der Waals surface area (Å²) >= 11 is 2.74. The Morgan fingerprint density at radius 1 is 1.12 bits per heavy atom. The van der Waals surface area contributed by atoms with Crippen LogP contribution in [0.3, 0.4) is 0 Å². The molecule has 0 aliphatic rings. The molecule has 0 N–H and O–H groups in total. The molecule has 0 spiro atoms. The van der Waals surface area contributed by atoms with Gasteiger partial charge in [-0.05, 0) is 0 Å². The summed E-state index contributed by atoms with van der Waals surface area (Å²) in [7, 11) is 0. The molecule has 0 aromatic heterocycles. The molecule has 1 aromatic rings. The van der Waals surface area contributed by atoms with Gasteiger partial charge in [0.1, 0.15) is 0 Å². The SMILES string of the molecule is I[I-]c1ccccc1. The third-order valence-electron chi connectivity index (χ3n) is 0.816. The fraction of sp³-hybridized carbons (Fsp3) is 0. The quantitative estimate of drug-likeness (QED) is 0.597. The number of hydrogen-bond donors (Lipinski definition) is 0. The van der Waals surface area contributed by atoms with Crippen LogP contribution in [0.5, 0.6) is 0 Å². The summed E-state index contributed by atoms with van der Waals surface area (Å²) in [5.74, 6) is 0. The van der Waals surface area contributed by atoms with Gasteiger partial charge in [0.05, 0.1) is 0 Å². The van der Waals surface area contributed by atoms with Gasteiger partial charge >= 0.3 is 69.7 Å². The van der Waals surface area contributed by atoms with Gasteiger partial charge in [-0.25, -0.2) is 0 Å². The minimum absolute atomic E-state index is 0.279. The van der Waals surface area contributed by atoms with Gasteiger partial charge in [-0.15, -0.1) is 0 Å². The van der Waals surface area contributed by atoms with Crippen LogP contribution in [-0.4, -0.2) is 0 Å². The second-order valence-electron chi connectivity index (χ2n) is 1.37. The molecule has 2 heteroatoms. The zero-order chi connectivity index (χ0) is 5.82. The van der Waals surface area contributed by atoms with E-state index in [-0.39, 0.29) is 17.2 Å². The average Bonchev–Trinajstić information content (AvgIpc) is 1.90. The van der Waals surface area contributed by atoms with Crippen LogP contribution in [0.1, 0.15) is 0 Å². The molecule has 0 aliphatic heterocycles.